The molecule has 7 heteroatoms. The normalized spacial score (nSPS) is 10.1. The number of ketones is 1. The second-order valence-electron chi connectivity index (χ2n) is 6.06. The van der Waals surface area contributed by atoms with Crippen LogP contribution in [0.2, 0.25) is 0 Å². The number of hydrogen-bond acceptors (Lipinski definition) is 5. The first kappa shape index (κ1) is 19.6. The van der Waals surface area contributed by atoms with Crippen molar-refractivity contribution in [2.75, 3.05) is 6.61 Å². The molecule has 3 rings (SSSR count). The van der Waals surface area contributed by atoms with Gasteiger partial charge in [0.05, 0.1) is 0 Å². The van der Waals surface area contributed by atoms with Gasteiger partial charge in [0.15, 0.2) is 12.4 Å². The van der Waals surface area contributed by atoms with Gasteiger partial charge in [-0.1, -0.05) is 36.4 Å². The Morgan fingerprint density at radius 2 is 1.41 bits per heavy atom. The molecule has 29 heavy (non-hydrogen) atoms. The SMILES string of the molecule is O=C(COc1ccc(C(=O)c2ccccc2)cc1)NNC(=O)c1cccc(O)c1. The third kappa shape index (κ3) is 5.43. The molecule has 7 nitrogen and oxygen atoms in total. The first-order chi connectivity index (χ1) is 14.0. The Kier molecular flexibility index (Phi) is 6.22. The van der Waals surface area contributed by atoms with E-state index in [-0.39, 0.29) is 23.7 Å². The second kappa shape index (κ2) is 9.18. The molecule has 0 fully saturated rings. The fourth-order valence-corrected chi connectivity index (χ4v) is 2.49. The van der Waals surface area contributed by atoms with Crippen molar-refractivity contribution in [3.63, 3.8) is 0 Å². The third-order valence-corrected chi connectivity index (χ3v) is 3.95. The molecule has 0 aliphatic carbocycles. The number of phenols is 1. The summed E-state index contributed by atoms with van der Waals surface area (Å²) in [7, 11) is 0. The van der Waals surface area contributed by atoms with Crippen molar-refractivity contribution < 1.29 is 24.2 Å². The summed E-state index contributed by atoms with van der Waals surface area (Å²) in [6.45, 7) is -0.327. The van der Waals surface area contributed by atoms with Gasteiger partial charge in [0.25, 0.3) is 11.8 Å². The highest BCUT2D eigenvalue weighted by Crippen LogP contribution is 2.15. The third-order valence-electron chi connectivity index (χ3n) is 3.95. The standard InChI is InChI=1S/C22H18N2O5/c25-18-8-4-7-17(13-18)22(28)24-23-20(26)14-29-19-11-9-16(10-12-19)21(27)15-5-2-1-3-6-15/h1-13,25H,14H2,(H,23,26)(H,24,28). The number of carbonyl (C=O) groups excluding carboxylic acids is 3. The number of carbonyl (C=O) groups is 3. The molecule has 0 aromatic heterocycles. The van der Waals surface area contributed by atoms with Crippen LogP contribution in [0, 0.1) is 0 Å². The Bertz CT molecular complexity index is 1020. The Labute approximate surface area is 166 Å². The van der Waals surface area contributed by atoms with Crippen molar-refractivity contribution in [2.24, 2.45) is 0 Å². The van der Waals surface area contributed by atoms with Gasteiger partial charge in [-0.2, -0.15) is 0 Å². The van der Waals surface area contributed by atoms with Gasteiger partial charge in [-0.15, -0.1) is 0 Å². The fraction of sp³-hybridized carbons (Fsp3) is 0.0455. The van der Waals surface area contributed by atoms with Crippen LogP contribution in [-0.2, 0) is 4.79 Å². The second-order valence-corrected chi connectivity index (χ2v) is 6.06. The largest absolute Gasteiger partial charge is 0.508 e. The quantitative estimate of drug-likeness (QED) is 0.443. The molecular weight excluding hydrogens is 372 g/mol. The van der Waals surface area contributed by atoms with Crippen LogP contribution in [0.3, 0.4) is 0 Å². The Hall–Kier alpha value is -4.13. The fourth-order valence-electron chi connectivity index (χ4n) is 2.49. The first-order valence-electron chi connectivity index (χ1n) is 8.74. The lowest BCUT2D eigenvalue weighted by molar-refractivity contribution is -0.123. The van der Waals surface area contributed by atoms with E-state index in [1.807, 2.05) is 6.07 Å². The van der Waals surface area contributed by atoms with Crippen LogP contribution in [0.5, 0.6) is 11.5 Å². The highest BCUT2D eigenvalue weighted by atomic mass is 16.5. The summed E-state index contributed by atoms with van der Waals surface area (Å²) in [5.41, 5.74) is 5.74. The Morgan fingerprint density at radius 1 is 0.759 bits per heavy atom. The van der Waals surface area contributed by atoms with Crippen molar-refractivity contribution >= 4 is 17.6 Å². The van der Waals surface area contributed by atoms with E-state index in [0.29, 0.717) is 16.9 Å². The van der Waals surface area contributed by atoms with Crippen LogP contribution in [0.25, 0.3) is 0 Å². The average molecular weight is 390 g/mol. The van der Waals surface area contributed by atoms with Crippen molar-refractivity contribution in [3.8, 4) is 11.5 Å². The number of amides is 2. The monoisotopic (exact) mass is 390 g/mol. The highest BCUT2D eigenvalue weighted by molar-refractivity contribution is 6.09. The predicted octanol–water partition coefficient (Wildman–Crippen LogP) is 2.46. The van der Waals surface area contributed by atoms with Gasteiger partial charge in [-0.05, 0) is 42.5 Å². The van der Waals surface area contributed by atoms with Crippen LogP contribution >= 0.6 is 0 Å². The van der Waals surface area contributed by atoms with E-state index in [2.05, 4.69) is 10.9 Å². The molecule has 3 aromatic carbocycles. The maximum absolute atomic E-state index is 12.3. The number of nitrogens with one attached hydrogen (secondary N) is 2. The maximum Gasteiger partial charge on any atom is 0.276 e. The van der Waals surface area contributed by atoms with E-state index in [4.69, 9.17) is 4.74 Å². The Morgan fingerprint density at radius 3 is 2.10 bits per heavy atom. The molecule has 0 saturated heterocycles. The summed E-state index contributed by atoms with van der Waals surface area (Å²) < 4.78 is 5.35. The molecule has 3 N–H and O–H groups in total. The lowest BCUT2D eigenvalue weighted by Gasteiger charge is -2.09. The topological polar surface area (TPSA) is 105 Å². The summed E-state index contributed by atoms with van der Waals surface area (Å²) in [5, 5.41) is 9.36. The zero-order valence-electron chi connectivity index (χ0n) is 15.3. The molecule has 0 saturated carbocycles. The number of ether oxygens (including phenoxy) is 1. The van der Waals surface area contributed by atoms with Crippen LogP contribution in [0.1, 0.15) is 26.3 Å². The van der Waals surface area contributed by atoms with Crippen molar-refractivity contribution in [3.05, 3.63) is 95.6 Å². The van der Waals surface area contributed by atoms with Gasteiger partial charge in [0.1, 0.15) is 11.5 Å². The molecule has 0 atom stereocenters. The molecule has 0 spiro atoms. The van der Waals surface area contributed by atoms with E-state index in [1.165, 1.54) is 24.3 Å². The van der Waals surface area contributed by atoms with Crippen LogP contribution in [0.4, 0.5) is 0 Å². The van der Waals surface area contributed by atoms with E-state index >= 15 is 0 Å². The van der Waals surface area contributed by atoms with E-state index in [9.17, 15) is 19.5 Å². The lowest BCUT2D eigenvalue weighted by atomic mass is 10.0. The van der Waals surface area contributed by atoms with Gasteiger partial charge in [-0.25, -0.2) is 0 Å². The smallest absolute Gasteiger partial charge is 0.276 e. The van der Waals surface area contributed by atoms with E-state index < -0.39 is 11.8 Å². The summed E-state index contributed by atoms with van der Waals surface area (Å²) >= 11 is 0. The molecule has 0 aliphatic rings. The molecule has 3 aromatic rings. The van der Waals surface area contributed by atoms with Gasteiger partial charge in [-0.3, -0.25) is 25.2 Å². The van der Waals surface area contributed by atoms with Gasteiger partial charge in [0, 0.05) is 16.7 Å². The molecule has 0 aliphatic heterocycles. The number of hydrazine groups is 1. The number of rotatable bonds is 6. The number of phenolic OH excluding ortho intramolecular Hbond substituents is 1. The summed E-state index contributed by atoms with van der Waals surface area (Å²) in [6.07, 6.45) is 0. The van der Waals surface area contributed by atoms with Gasteiger partial charge in [0.2, 0.25) is 0 Å². The molecular formula is C22H18N2O5. The summed E-state index contributed by atoms with van der Waals surface area (Å²) in [5.74, 6) is -0.893. The molecule has 0 radical (unpaired) electrons. The highest BCUT2D eigenvalue weighted by Gasteiger charge is 2.10. The summed E-state index contributed by atoms with van der Waals surface area (Å²) in [6, 6.07) is 21.0. The van der Waals surface area contributed by atoms with Gasteiger partial charge < -0.3 is 9.84 Å². The molecule has 0 unspecified atom stereocenters. The molecule has 0 bridgehead atoms. The first-order valence-corrected chi connectivity index (χ1v) is 8.74. The zero-order chi connectivity index (χ0) is 20.6. The van der Waals surface area contributed by atoms with Crippen LogP contribution in [-0.4, -0.2) is 29.3 Å². The van der Waals surface area contributed by atoms with Gasteiger partial charge >= 0.3 is 0 Å². The molecule has 0 heterocycles. The van der Waals surface area contributed by atoms with Crippen molar-refractivity contribution in [1.29, 1.82) is 0 Å². The average Bonchev–Trinajstić information content (AvgIpc) is 2.76. The van der Waals surface area contributed by atoms with Crippen molar-refractivity contribution in [1.82, 2.24) is 10.9 Å². The van der Waals surface area contributed by atoms with Crippen LogP contribution in [0.15, 0.2) is 78.9 Å². The maximum atomic E-state index is 12.3. The van der Waals surface area contributed by atoms with Crippen molar-refractivity contribution in [2.45, 2.75) is 0 Å². The zero-order valence-corrected chi connectivity index (χ0v) is 15.3. The lowest BCUT2D eigenvalue weighted by Crippen LogP contribution is -2.43. The number of hydrogen-bond donors (Lipinski definition) is 3. The minimum absolute atomic E-state index is 0.0542. The minimum atomic E-state index is -0.571. The summed E-state index contributed by atoms with van der Waals surface area (Å²) in [4.78, 5) is 36.1. The minimum Gasteiger partial charge on any atom is -0.508 e. The predicted molar refractivity (Wildman–Crippen MR) is 106 cm³/mol. The molecule has 146 valence electrons. The number of benzene rings is 3. The molecule has 2 amide bonds. The van der Waals surface area contributed by atoms with E-state index in [1.54, 1.807) is 48.5 Å². The van der Waals surface area contributed by atoms with E-state index in [0.717, 1.165) is 0 Å². The number of aromatic hydroxyl groups is 1. The Balaban J connectivity index is 1.48. The van der Waals surface area contributed by atoms with Crippen LogP contribution < -0.4 is 15.6 Å².